The molecule has 0 fully saturated rings. The normalized spacial score (nSPS) is 12.4. The van der Waals surface area contributed by atoms with Crippen molar-refractivity contribution in [3.8, 4) is 0 Å². The zero-order valence-electron chi connectivity index (χ0n) is 9.73. The molecule has 2 heteroatoms. The Labute approximate surface area is 110 Å². The van der Waals surface area contributed by atoms with E-state index in [0.29, 0.717) is 0 Å². The van der Waals surface area contributed by atoms with Crippen molar-refractivity contribution in [1.29, 1.82) is 0 Å². The van der Waals surface area contributed by atoms with Crippen molar-refractivity contribution in [2.75, 3.05) is 0 Å². The van der Waals surface area contributed by atoms with Crippen LogP contribution >= 0.6 is 15.9 Å². The van der Waals surface area contributed by atoms with Gasteiger partial charge in [-0.05, 0) is 35.2 Å². The molecule has 1 N–H and O–H groups in total. The van der Waals surface area contributed by atoms with E-state index in [2.05, 4.69) is 28.9 Å². The van der Waals surface area contributed by atoms with Gasteiger partial charge < -0.3 is 5.11 Å². The lowest BCUT2D eigenvalue weighted by Crippen LogP contribution is -2.03. The first-order chi connectivity index (χ1) is 8.22. The second-order valence-corrected chi connectivity index (χ2v) is 4.92. The molecule has 0 saturated carbocycles. The maximum atomic E-state index is 10.4. The van der Waals surface area contributed by atoms with Crippen LogP contribution in [0.4, 0.5) is 0 Å². The first-order valence-corrected chi connectivity index (χ1v) is 6.53. The van der Waals surface area contributed by atoms with Gasteiger partial charge in [0.25, 0.3) is 0 Å². The van der Waals surface area contributed by atoms with Gasteiger partial charge in [-0.25, -0.2) is 0 Å². The highest BCUT2D eigenvalue weighted by Crippen LogP contribution is 2.26. The van der Waals surface area contributed by atoms with Crippen LogP contribution in [-0.2, 0) is 6.42 Å². The molecule has 0 unspecified atom stereocenters. The number of hydrogen-bond acceptors (Lipinski definition) is 1. The second-order valence-electron chi connectivity index (χ2n) is 4.01. The molecule has 2 rings (SSSR count). The molecule has 0 heterocycles. The molecule has 1 nitrogen and oxygen atoms in total. The summed E-state index contributed by atoms with van der Waals surface area (Å²) in [7, 11) is 0. The van der Waals surface area contributed by atoms with Crippen LogP contribution in [0.15, 0.2) is 53.0 Å². The van der Waals surface area contributed by atoms with Gasteiger partial charge in [-0.3, -0.25) is 0 Å². The summed E-state index contributed by atoms with van der Waals surface area (Å²) < 4.78 is 1.03. The maximum Gasteiger partial charge on any atom is 0.104 e. The van der Waals surface area contributed by atoms with Crippen LogP contribution in [0.3, 0.4) is 0 Å². The van der Waals surface area contributed by atoms with Crippen molar-refractivity contribution in [2.45, 2.75) is 19.4 Å². The van der Waals surface area contributed by atoms with Crippen LogP contribution < -0.4 is 0 Å². The molecule has 88 valence electrons. The maximum absolute atomic E-state index is 10.4. The van der Waals surface area contributed by atoms with Crippen LogP contribution in [0, 0.1) is 0 Å². The predicted octanol–water partition coefficient (Wildman–Crippen LogP) is 4.09. The van der Waals surface area contributed by atoms with Crippen molar-refractivity contribution in [3.63, 3.8) is 0 Å². The fraction of sp³-hybridized carbons (Fsp3) is 0.200. The number of rotatable bonds is 3. The number of aliphatic hydroxyl groups excluding tert-OH is 1. The molecule has 0 spiro atoms. The Morgan fingerprint density at radius 1 is 1.06 bits per heavy atom. The lowest BCUT2D eigenvalue weighted by atomic mass is 9.96. The third-order valence-electron chi connectivity index (χ3n) is 2.92. The summed E-state index contributed by atoms with van der Waals surface area (Å²) in [6, 6.07) is 15.8. The average molecular weight is 291 g/mol. The van der Waals surface area contributed by atoms with E-state index in [1.54, 1.807) is 0 Å². The third kappa shape index (κ3) is 2.76. The van der Waals surface area contributed by atoms with Crippen LogP contribution in [0.25, 0.3) is 0 Å². The van der Waals surface area contributed by atoms with Crippen molar-refractivity contribution in [2.24, 2.45) is 0 Å². The molecular formula is C15H15BrO. The molecule has 0 amide bonds. The summed E-state index contributed by atoms with van der Waals surface area (Å²) in [5.74, 6) is 0. The fourth-order valence-corrected chi connectivity index (χ4v) is 2.21. The molecule has 17 heavy (non-hydrogen) atoms. The third-order valence-corrected chi connectivity index (χ3v) is 3.44. The van der Waals surface area contributed by atoms with Gasteiger partial charge in [-0.1, -0.05) is 59.3 Å². The van der Waals surface area contributed by atoms with Gasteiger partial charge in [-0.15, -0.1) is 0 Å². The fourth-order valence-electron chi connectivity index (χ4n) is 1.95. The number of hydrogen-bond donors (Lipinski definition) is 1. The highest BCUT2D eigenvalue weighted by molar-refractivity contribution is 9.10. The Morgan fingerprint density at radius 2 is 1.71 bits per heavy atom. The van der Waals surface area contributed by atoms with E-state index >= 15 is 0 Å². The van der Waals surface area contributed by atoms with E-state index in [1.165, 1.54) is 5.56 Å². The topological polar surface area (TPSA) is 20.2 Å². The van der Waals surface area contributed by atoms with Crippen LogP contribution in [0.5, 0.6) is 0 Å². The standard InChI is InChI=1S/C15H15BrO/c1-2-11-5-3-4-6-14(11)15(17)12-7-9-13(16)10-8-12/h3-10,15,17H,2H2,1H3/t15-/m0/s1. The summed E-state index contributed by atoms with van der Waals surface area (Å²) in [4.78, 5) is 0. The molecular weight excluding hydrogens is 276 g/mol. The minimum Gasteiger partial charge on any atom is -0.384 e. The Hall–Kier alpha value is -1.12. The van der Waals surface area contributed by atoms with Crippen LogP contribution in [0.1, 0.15) is 29.7 Å². The molecule has 2 aromatic rings. The molecule has 0 aliphatic carbocycles. The summed E-state index contributed by atoms with van der Waals surface area (Å²) in [5, 5.41) is 10.4. The first kappa shape index (κ1) is 12.3. The zero-order valence-corrected chi connectivity index (χ0v) is 11.3. The summed E-state index contributed by atoms with van der Waals surface area (Å²) in [5.41, 5.74) is 3.12. The van der Waals surface area contributed by atoms with Gasteiger partial charge in [0, 0.05) is 4.47 Å². The van der Waals surface area contributed by atoms with Gasteiger partial charge in [0.15, 0.2) is 0 Å². The SMILES string of the molecule is CCc1ccccc1[C@@H](O)c1ccc(Br)cc1. The molecule has 2 aromatic carbocycles. The van der Waals surface area contributed by atoms with Crippen molar-refractivity contribution >= 4 is 15.9 Å². The monoisotopic (exact) mass is 290 g/mol. The highest BCUT2D eigenvalue weighted by atomic mass is 79.9. The Bertz CT molecular complexity index is 491. The van der Waals surface area contributed by atoms with Crippen LogP contribution in [-0.4, -0.2) is 5.11 Å². The van der Waals surface area contributed by atoms with E-state index in [1.807, 2.05) is 42.5 Å². The molecule has 1 atom stereocenters. The lowest BCUT2D eigenvalue weighted by Gasteiger charge is -2.15. The van der Waals surface area contributed by atoms with Gasteiger partial charge >= 0.3 is 0 Å². The lowest BCUT2D eigenvalue weighted by molar-refractivity contribution is 0.219. The van der Waals surface area contributed by atoms with E-state index in [9.17, 15) is 5.11 Å². The Morgan fingerprint density at radius 3 is 2.35 bits per heavy atom. The minimum absolute atomic E-state index is 0.542. The molecule has 0 saturated heterocycles. The highest BCUT2D eigenvalue weighted by Gasteiger charge is 2.12. The minimum atomic E-state index is -0.542. The van der Waals surface area contributed by atoms with Gasteiger partial charge in [0.1, 0.15) is 6.10 Å². The quantitative estimate of drug-likeness (QED) is 0.903. The van der Waals surface area contributed by atoms with Gasteiger partial charge in [-0.2, -0.15) is 0 Å². The van der Waals surface area contributed by atoms with E-state index in [0.717, 1.165) is 22.0 Å². The largest absolute Gasteiger partial charge is 0.384 e. The summed E-state index contributed by atoms with van der Waals surface area (Å²) >= 11 is 3.40. The number of benzene rings is 2. The van der Waals surface area contributed by atoms with Gasteiger partial charge in [0.2, 0.25) is 0 Å². The number of aryl methyl sites for hydroxylation is 1. The molecule has 0 bridgehead atoms. The van der Waals surface area contributed by atoms with E-state index in [4.69, 9.17) is 0 Å². The van der Waals surface area contributed by atoms with Crippen molar-refractivity contribution in [1.82, 2.24) is 0 Å². The Balaban J connectivity index is 2.36. The number of aliphatic hydroxyl groups is 1. The van der Waals surface area contributed by atoms with Gasteiger partial charge in [0.05, 0.1) is 0 Å². The predicted molar refractivity (Wildman–Crippen MR) is 74.0 cm³/mol. The smallest absolute Gasteiger partial charge is 0.104 e. The van der Waals surface area contributed by atoms with E-state index < -0.39 is 6.10 Å². The number of halogens is 1. The van der Waals surface area contributed by atoms with Crippen molar-refractivity contribution in [3.05, 3.63) is 69.7 Å². The summed E-state index contributed by atoms with van der Waals surface area (Å²) in [6.07, 6.45) is 0.392. The molecule has 0 aromatic heterocycles. The second kappa shape index (κ2) is 5.48. The molecule has 0 aliphatic rings. The molecule has 0 radical (unpaired) electrons. The van der Waals surface area contributed by atoms with Crippen molar-refractivity contribution < 1.29 is 5.11 Å². The average Bonchev–Trinajstić information content (AvgIpc) is 2.39. The molecule has 0 aliphatic heterocycles. The zero-order chi connectivity index (χ0) is 12.3. The Kier molecular flexibility index (Phi) is 3.97. The first-order valence-electron chi connectivity index (χ1n) is 5.73. The van der Waals surface area contributed by atoms with Crippen LogP contribution in [0.2, 0.25) is 0 Å². The van der Waals surface area contributed by atoms with E-state index in [-0.39, 0.29) is 0 Å². The summed E-state index contributed by atoms with van der Waals surface area (Å²) in [6.45, 7) is 2.10.